The molecule has 12 heteroatoms. The molecule has 168 valence electrons. The van der Waals surface area contributed by atoms with Crippen LogP contribution in [0.1, 0.15) is 11.3 Å². The molecule has 0 saturated heterocycles. The monoisotopic (exact) mass is 473 g/mol. The number of alkyl halides is 3. The second-order valence-corrected chi connectivity index (χ2v) is 7.79. The second kappa shape index (κ2) is 8.00. The number of anilines is 1. The van der Waals surface area contributed by atoms with E-state index in [1.54, 1.807) is 24.7 Å². The molecule has 0 N–H and O–H groups in total. The fraction of sp³-hybridized carbons (Fsp3) is 0.190. The predicted molar refractivity (Wildman–Crippen MR) is 117 cm³/mol. The molecule has 0 fully saturated rings. The van der Waals surface area contributed by atoms with Gasteiger partial charge in [-0.1, -0.05) is 29.8 Å². The Kier molecular flexibility index (Phi) is 5.12. The number of halogens is 4. The summed E-state index contributed by atoms with van der Waals surface area (Å²) in [6.45, 7) is 1.14. The van der Waals surface area contributed by atoms with Crippen LogP contribution in [0, 0.1) is 0 Å². The Morgan fingerprint density at radius 3 is 2.48 bits per heavy atom. The number of rotatable bonds is 4. The Morgan fingerprint density at radius 1 is 1.06 bits per heavy atom. The van der Waals surface area contributed by atoms with Crippen molar-refractivity contribution in [3.05, 3.63) is 75.6 Å². The zero-order chi connectivity index (χ0) is 23.2. The van der Waals surface area contributed by atoms with Crippen molar-refractivity contribution in [2.24, 2.45) is 4.99 Å². The van der Waals surface area contributed by atoms with Crippen molar-refractivity contribution in [1.82, 2.24) is 24.4 Å². The van der Waals surface area contributed by atoms with Crippen LogP contribution in [-0.4, -0.2) is 43.8 Å². The summed E-state index contributed by atoms with van der Waals surface area (Å²) < 4.78 is 40.6. The summed E-state index contributed by atoms with van der Waals surface area (Å²) in [5.74, 6) is 0. The van der Waals surface area contributed by atoms with Gasteiger partial charge in [-0.2, -0.15) is 22.8 Å². The van der Waals surface area contributed by atoms with Gasteiger partial charge in [0.25, 0.3) is 0 Å². The number of fused-ring (bicyclic) bond motifs is 1. The van der Waals surface area contributed by atoms with Crippen LogP contribution in [0.5, 0.6) is 0 Å². The lowest BCUT2D eigenvalue weighted by atomic mass is 10.1. The summed E-state index contributed by atoms with van der Waals surface area (Å²) in [5.41, 5.74) is 1.40. The van der Waals surface area contributed by atoms with Gasteiger partial charge in [0.15, 0.2) is 0 Å². The molecule has 33 heavy (non-hydrogen) atoms. The Labute approximate surface area is 189 Å². The third kappa shape index (κ3) is 3.95. The number of hydrogen-bond acceptors (Lipinski definition) is 6. The van der Waals surface area contributed by atoms with E-state index in [-0.39, 0.29) is 6.54 Å². The molecule has 4 aromatic rings. The number of hydrogen-bond donors (Lipinski definition) is 0. The zero-order valence-electron chi connectivity index (χ0n) is 16.9. The molecule has 0 bridgehead atoms. The van der Waals surface area contributed by atoms with Gasteiger partial charge in [-0.25, -0.2) is 9.48 Å². The van der Waals surface area contributed by atoms with E-state index in [9.17, 15) is 18.0 Å². The third-order valence-corrected chi connectivity index (χ3v) is 5.42. The molecule has 0 spiro atoms. The maximum absolute atomic E-state index is 12.9. The normalized spacial score (nSPS) is 13.9. The maximum Gasteiger partial charge on any atom is 0.433 e. The third-order valence-electron chi connectivity index (χ3n) is 5.17. The number of benzene rings is 1. The smallest absolute Gasteiger partial charge is 0.327 e. The fourth-order valence-corrected chi connectivity index (χ4v) is 3.71. The van der Waals surface area contributed by atoms with Crippen molar-refractivity contribution >= 4 is 29.3 Å². The lowest BCUT2D eigenvalue weighted by Gasteiger charge is -2.18. The molecule has 0 aliphatic carbocycles. The van der Waals surface area contributed by atoms with Gasteiger partial charge >= 0.3 is 11.9 Å². The molecule has 1 aliphatic rings. The Hall–Kier alpha value is -3.73. The Balaban J connectivity index is 1.60. The highest BCUT2D eigenvalue weighted by molar-refractivity contribution is 6.30. The minimum absolute atomic E-state index is 0.0584. The van der Waals surface area contributed by atoms with Gasteiger partial charge in [0, 0.05) is 23.3 Å². The summed E-state index contributed by atoms with van der Waals surface area (Å²) in [6, 6.07) is 9.34. The van der Waals surface area contributed by atoms with Crippen molar-refractivity contribution in [3.8, 4) is 11.1 Å². The van der Waals surface area contributed by atoms with E-state index in [1.165, 1.54) is 10.6 Å². The van der Waals surface area contributed by atoms with Crippen molar-refractivity contribution < 1.29 is 13.2 Å². The molecule has 4 heterocycles. The Bertz CT molecular complexity index is 1410. The van der Waals surface area contributed by atoms with Crippen molar-refractivity contribution in [2.45, 2.75) is 12.7 Å². The lowest BCUT2D eigenvalue weighted by Crippen LogP contribution is -2.24. The van der Waals surface area contributed by atoms with Crippen molar-refractivity contribution in [2.75, 3.05) is 18.0 Å². The molecule has 5 rings (SSSR count). The summed E-state index contributed by atoms with van der Waals surface area (Å²) in [7, 11) is 0. The molecule has 8 nitrogen and oxygen atoms in total. The molecular formula is C21H15ClF3N7O. The van der Waals surface area contributed by atoms with Crippen LogP contribution in [0.4, 0.5) is 18.9 Å². The van der Waals surface area contributed by atoms with E-state index in [2.05, 4.69) is 20.2 Å². The summed E-state index contributed by atoms with van der Waals surface area (Å²) in [4.78, 5) is 22.5. The van der Waals surface area contributed by atoms with E-state index in [1.807, 2.05) is 17.0 Å². The van der Waals surface area contributed by atoms with Gasteiger partial charge in [0.05, 0.1) is 31.3 Å². The number of pyridine rings is 1. The largest absolute Gasteiger partial charge is 0.433 e. The minimum Gasteiger partial charge on any atom is -0.327 e. The molecule has 0 amide bonds. The first-order valence-electron chi connectivity index (χ1n) is 9.85. The number of aromatic nitrogens is 5. The molecule has 0 atom stereocenters. The number of nitrogens with zero attached hydrogens (tertiary/aromatic N) is 7. The van der Waals surface area contributed by atoms with E-state index in [4.69, 9.17) is 11.6 Å². The van der Waals surface area contributed by atoms with Gasteiger partial charge in [0.2, 0.25) is 5.65 Å². The summed E-state index contributed by atoms with van der Waals surface area (Å²) >= 11 is 6.02. The van der Waals surface area contributed by atoms with Crippen LogP contribution in [0.3, 0.4) is 0 Å². The molecule has 3 aromatic heterocycles. The highest BCUT2D eigenvalue weighted by Gasteiger charge is 2.32. The first kappa shape index (κ1) is 21.1. The molecule has 0 saturated carbocycles. The van der Waals surface area contributed by atoms with E-state index >= 15 is 0 Å². The quantitative estimate of drug-likeness (QED) is 0.453. The molecular weight excluding hydrogens is 459 g/mol. The lowest BCUT2D eigenvalue weighted by molar-refractivity contribution is -0.141. The summed E-state index contributed by atoms with van der Waals surface area (Å²) in [5, 5.41) is 9.31. The van der Waals surface area contributed by atoms with Crippen molar-refractivity contribution in [1.29, 1.82) is 0 Å². The highest BCUT2D eigenvalue weighted by atomic mass is 35.5. The second-order valence-electron chi connectivity index (χ2n) is 7.35. The average molecular weight is 474 g/mol. The van der Waals surface area contributed by atoms with Crippen LogP contribution in [-0.2, 0) is 12.7 Å². The van der Waals surface area contributed by atoms with Gasteiger partial charge in [-0.15, -0.1) is 5.10 Å². The first-order chi connectivity index (χ1) is 15.8. The Morgan fingerprint density at radius 2 is 1.85 bits per heavy atom. The molecule has 1 aliphatic heterocycles. The van der Waals surface area contributed by atoms with Gasteiger partial charge in [-0.3, -0.25) is 9.98 Å². The van der Waals surface area contributed by atoms with Gasteiger partial charge in [-0.05, 0) is 29.3 Å². The van der Waals surface area contributed by atoms with E-state index < -0.39 is 17.6 Å². The SMILES string of the molecule is O=c1n(Cc2ccc(C(F)(F)F)nc2)nc2c(N3C=NCC3)c(-c3ccc(Cl)cc3)cnn12. The summed E-state index contributed by atoms with van der Waals surface area (Å²) in [6.07, 6.45) is -0.199. The average Bonchev–Trinajstić information content (AvgIpc) is 3.42. The molecule has 0 radical (unpaired) electrons. The highest BCUT2D eigenvalue weighted by Crippen LogP contribution is 2.33. The van der Waals surface area contributed by atoms with E-state index in [0.717, 1.165) is 28.1 Å². The molecule has 0 unspecified atom stereocenters. The first-order valence-corrected chi connectivity index (χ1v) is 10.2. The fourth-order valence-electron chi connectivity index (χ4n) is 3.58. The van der Waals surface area contributed by atoms with Crippen LogP contribution >= 0.6 is 11.6 Å². The minimum atomic E-state index is -4.54. The van der Waals surface area contributed by atoms with E-state index in [0.29, 0.717) is 35.0 Å². The zero-order valence-corrected chi connectivity index (χ0v) is 17.6. The topological polar surface area (TPSA) is 80.7 Å². The van der Waals surface area contributed by atoms with Crippen molar-refractivity contribution in [3.63, 3.8) is 0 Å². The van der Waals surface area contributed by atoms with Crippen LogP contribution in [0.25, 0.3) is 16.8 Å². The predicted octanol–water partition coefficient (Wildman–Crippen LogP) is 3.52. The molecule has 1 aromatic carbocycles. The number of aliphatic imine (C=N–C) groups is 1. The van der Waals surface area contributed by atoms with Crippen LogP contribution in [0.2, 0.25) is 5.02 Å². The van der Waals surface area contributed by atoms with Crippen LogP contribution in [0.15, 0.2) is 58.6 Å². The van der Waals surface area contributed by atoms with Gasteiger partial charge in [0.1, 0.15) is 5.69 Å². The standard InChI is InChI=1S/C21H15ClF3N7O/c22-15-4-2-14(3-5-15)16-10-28-32-19(18(16)30-8-7-26-12-30)29-31(20(32)33)11-13-1-6-17(27-9-13)21(23,24)25/h1-6,9-10,12H,7-8,11H2. The maximum atomic E-state index is 12.9. The van der Waals surface area contributed by atoms with Gasteiger partial charge < -0.3 is 4.90 Å². The van der Waals surface area contributed by atoms with Crippen LogP contribution < -0.4 is 10.6 Å².